The van der Waals surface area contributed by atoms with Gasteiger partial charge in [-0.1, -0.05) is 28.1 Å². The van der Waals surface area contributed by atoms with Gasteiger partial charge in [-0.25, -0.2) is 4.98 Å². The normalized spacial score (nSPS) is 10.3. The molecule has 0 unspecified atom stereocenters. The second-order valence-electron chi connectivity index (χ2n) is 3.53. The SMILES string of the molecule is CCOc1cccc(CBr)c1OCc1nccs1. The largest absolute Gasteiger partial charge is 0.490 e. The van der Waals surface area contributed by atoms with Crippen LogP contribution in [0.3, 0.4) is 0 Å². The molecule has 0 amide bonds. The number of hydrogen-bond donors (Lipinski definition) is 0. The second kappa shape index (κ2) is 6.75. The van der Waals surface area contributed by atoms with E-state index < -0.39 is 0 Å². The Kier molecular flexibility index (Phi) is 5.01. The van der Waals surface area contributed by atoms with Gasteiger partial charge in [0.25, 0.3) is 0 Å². The van der Waals surface area contributed by atoms with Gasteiger partial charge in [0.2, 0.25) is 0 Å². The van der Waals surface area contributed by atoms with Crippen molar-refractivity contribution in [2.24, 2.45) is 0 Å². The summed E-state index contributed by atoms with van der Waals surface area (Å²) < 4.78 is 11.4. The summed E-state index contributed by atoms with van der Waals surface area (Å²) in [6.07, 6.45) is 1.78. The van der Waals surface area contributed by atoms with Gasteiger partial charge in [0.05, 0.1) is 6.61 Å². The number of benzene rings is 1. The molecule has 0 bridgehead atoms. The van der Waals surface area contributed by atoms with E-state index in [0.29, 0.717) is 13.2 Å². The van der Waals surface area contributed by atoms with E-state index in [0.717, 1.165) is 27.4 Å². The molecule has 0 aliphatic heterocycles. The Morgan fingerprint density at radius 3 is 2.89 bits per heavy atom. The smallest absolute Gasteiger partial charge is 0.165 e. The fourth-order valence-corrected chi connectivity index (χ4v) is 2.53. The lowest BCUT2D eigenvalue weighted by molar-refractivity contribution is 0.267. The summed E-state index contributed by atoms with van der Waals surface area (Å²) in [5.41, 5.74) is 1.08. The predicted octanol–water partition coefficient (Wildman–Crippen LogP) is 4.02. The maximum atomic E-state index is 5.85. The van der Waals surface area contributed by atoms with Crippen LogP contribution in [0.5, 0.6) is 11.5 Å². The average Bonchev–Trinajstić information content (AvgIpc) is 2.90. The molecule has 0 saturated heterocycles. The van der Waals surface area contributed by atoms with Gasteiger partial charge in [0, 0.05) is 22.5 Å². The maximum Gasteiger partial charge on any atom is 0.165 e. The van der Waals surface area contributed by atoms with Crippen molar-refractivity contribution in [1.82, 2.24) is 4.98 Å². The highest BCUT2D eigenvalue weighted by Gasteiger charge is 2.10. The lowest BCUT2D eigenvalue weighted by atomic mass is 10.2. The molecule has 2 aromatic rings. The number of thiazole rings is 1. The van der Waals surface area contributed by atoms with Crippen molar-refractivity contribution in [2.75, 3.05) is 6.61 Å². The van der Waals surface area contributed by atoms with Crippen molar-refractivity contribution in [3.05, 3.63) is 40.3 Å². The van der Waals surface area contributed by atoms with Crippen LogP contribution in [-0.2, 0) is 11.9 Å². The van der Waals surface area contributed by atoms with Crippen LogP contribution in [0.2, 0.25) is 0 Å². The molecule has 0 fully saturated rings. The van der Waals surface area contributed by atoms with Gasteiger partial charge in [-0.15, -0.1) is 11.3 Å². The molecule has 1 heterocycles. The van der Waals surface area contributed by atoms with Gasteiger partial charge < -0.3 is 9.47 Å². The molecule has 0 N–H and O–H groups in total. The molecule has 0 radical (unpaired) electrons. The molecule has 5 heteroatoms. The average molecular weight is 328 g/mol. The Morgan fingerprint density at radius 1 is 1.33 bits per heavy atom. The predicted molar refractivity (Wildman–Crippen MR) is 76.7 cm³/mol. The van der Waals surface area contributed by atoms with E-state index in [1.54, 1.807) is 17.5 Å². The minimum absolute atomic E-state index is 0.474. The van der Waals surface area contributed by atoms with Crippen LogP contribution < -0.4 is 9.47 Å². The van der Waals surface area contributed by atoms with Gasteiger partial charge in [-0.05, 0) is 13.0 Å². The summed E-state index contributed by atoms with van der Waals surface area (Å²) in [5.74, 6) is 1.58. The van der Waals surface area contributed by atoms with Gasteiger partial charge >= 0.3 is 0 Å². The van der Waals surface area contributed by atoms with Crippen molar-refractivity contribution in [3.63, 3.8) is 0 Å². The standard InChI is InChI=1S/C13H14BrNO2S/c1-2-16-11-5-3-4-10(8-14)13(11)17-9-12-15-6-7-18-12/h3-7H,2,8-9H2,1H3. The van der Waals surface area contributed by atoms with E-state index in [1.807, 2.05) is 30.5 Å². The minimum Gasteiger partial charge on any atom is -0.490 e. The molecule has 3 nitrogen and oxygen atoms in total. The zero-order valence-corrected chi connectivity index (χ0v) is 12.5. The third kappa shape index (κ3) is 3.23. The fourth-order valence-electron chi connectivity index (χ4n) is 1.56. The van der Waals surface area contributed by atoms with Crippen LogP contribution in [-0.4, -0.2) is 11.6 Å². The number of hydrogen-bond acceptors (Lipinski definition) is 4. The molecule has 0 aliphatic rings. The number of halogens is 1. The van der Waals surface area contributed by atoms with E-state index in [2.05, 4.69) is 20.9 Å². The van der Waals surface area contributed by atoms with Crippen LogP contribution in [0, 0.1) is 0 Å². The van der Waals surface area contributed by atoms with Crippen molar-refractivity contribution >= 4 is 27.3 Å². The third-order valence-corrected chi connectivity index (χ3v) is 3.68. The highest BCUT2D eigenvalue weighted by molar-refractivity contribution is 9.08. The van der Waals surface area contributed by atoms with Crippen LogP contribution >= 0.6 is 27.3 Å². The van der Waals surface area contributed by atoms with Crippen LogP contribution in [0.1, 0.15) is 17.5 Å². The summed E-state index contributed by atoms with van der Waals surface area (Å²) in [4.78, 5) is 4.20. The van der Waals surface area contributed by atoms with Crippen molar-refractivity contribution < 1.29 is 9.47 Å². The molecule has 1 aromatic carbocycles. The molecule has 18 heavy (non-hydrogen) atoms. The molecular weight excluding hydrogens is 314 g/mol. The zero-order chi connectivity index (χ0) is 12.8. The first-order valence-corrected chi connectivity index (χ1v) is 7.67. The summed E-state index contributed by atoms with van der Waals surface area (Å²) in [7, 11) is 0. The Morgan fingerprint density at radius 2 is 2.22 bits per heavy atom. The quantitative estimate of drug-likeness (QED) is 0.751. The van der Waals surface area contributed by atoms with Crippen LogP contribution in [0.4, 0.5) is 0 Å². The first-order valence-electron chi connectivity index (χ1n) is 5.67. The summed E-state index contributed by atoms with van der Waals surface area (Å²) in [6, 6.07) is 5.92. The highest BCUT2D eigenvalue weighted by Crippen LogP contribution is 2.33. The van der Waals surface area contributed by atoms with E-state index in [4.69, 9.17) is 9.47 Å². The molecule has 1 aromatic heterocycles. The number of aromatic nitrogens is 1. The van der Waals surface area contributed by atoms with E-state index in [-0.39, 0.29) is 0 Å². The van der Waals surface area contributed by atoms with Crippen LogP contribution in [0.25, 0.3) is 0 Å². The van der Waals surface area contributed by atoms with Crippen molar-refractivity contribution in [2.45, 2.75) is 18.9 Å². The first-order chi connectivity index (χ1) is 8.85. The Balaban J connectivity index is 2.18. The molecular formula is C13H14BrNO2S. The summed E-state index contributed by atoms with van der Waals surface area (Å²) in [5, 5.41) is 3.64. The topological polar surface area (TPSA) is 31.4 Å². The lowest BCUT2D eigenvalue weighted by Crippen LogP contribution is -2.01. The van der Waals surface area contributed by atoms with E-state index >= 15 is 0 Å². The zero-order valence-electron chi connectivity index (χ0n) is 10.1. The molecule has 0 atom stereocenters. The number of alkyl halides is 1. The van der Waals surface area contributed by atoms with E-state index in [1.165, 1.54) is 0 Å². The lowest BCUT2D eigenvalue weighted by Gasteiger charge is -2.14. The Labute approximate surface area is 119 Å². The summed E-state index contributed by atoms with van der Waals surface area (Å²) >= 11 is 5.05. The van der Waals surface area contributed by atoms with Gasteiger partial charge in [0.1, 0.15) is 11.6 Å². The molecule has 2 rings (SSSR count). The van der Waals surface area contributed by atoms with Crippen molar-refractivity contribution in [3.8, 4) is 11.5 Å². The Hall–Kier alpha value is -1.07. The number of rotatable bonds is 6. The van der Waals surface area contributed by atoms with Gasteiger partial charge in [-0.2, -0.15) is 0 Å². The molecule has 0 spiro atoms. The fraction of sp³-hybridized carbons (Fsp3) is 0.308. The molecule has 0 saturated carbocycles. The first kappa shape index (κ1) is 13.4. The number of para-hydroxylation sites is 1. The summed E-state index contributed by atoms with van der Waals surface area (Å²) in [6.45, 7) is 3.06. The minimum atomic E-state index is 0.474. The number of nitrogens with zero attached hydrogens (tertiary/aromatic N) is 1. The monoisotopic (exact) mass is 327 g/mol. The molecule has 96 valence electrons. The highest BCUT2D eigenvalue weighted by atomic mass is 79.9. The number of ether oxygens (including phenoxy) is 2. The maximum absolute atomic E-state index is 5.85. The van der Waals surface area contributed by atoms with Crippen LogP contribution in [0.15, 0.2) is 29.8 Å². The van der Waals surface area contributed by atoms with Gasteiger partial charge in [-0.3, -0.25) is 0 Å². The Bertz CT molecular complexity index is 488. The second-order valence-corrected chi connectivity index (χ2v) is 5.07. The molecule has 0 aliphatic carbocycles. The van der Waals surface area contributed by atoms with E-state index in [9.17, 15) is 0 Å². The van der Waals surface area contributed by atoms with Crippen molar-refractivity contribution in [1.29, 1.82) is 0 Å². The van der Waals surface area contributed by atoms with Gasteiger partial charge in [0.15, 0.2) is 11.5 Å². The third-order valence-electron chi connectivity index (χ3n) is 2.33.